The Hall–Kier alpha value is -0.380. The van der Waals surface area contributed by atoms with Crippen LogP contribution in [-0.2, 0) is 9.47 Å². The maximum atomic E-state index is 6.11. The van der Waals surface area contributed by atoms with Gasteiger partial charge >= 0.3 is 0 Å². The van der Waals surface area contributed by atoms with Crippen LogP contribution < -0.4 is 5.73 Å². The zero-order valence-electron chi connectivity index (χ0n) is 11.9. The first-order valence-corrected chi connectivity index (χ1v) is 6.43. The molecule has 1 aliphatic rings. The molecule has 1 fully saturated rings. The molecule has 3 heteroatoms. The van der Waals surface area contributed by atoms with E-state index < -0.39 is 0 Å². The van der Waals surface area contributed by atoms with Crippen LogP contribution in [0.1, 0.15) is 47.0 Å². The van der Waals surface area contributed by atoms with Crippen molar-refractivity contribution in [2.24, 2.45) is 5.73 Å². The SMILES string of the molecule is COCC(CCCN)=C1CC(C)(C)OC1(C)C. The quantitative estimate of drug-likeness (QED) is 0.753. The largest absolute Gasteiger partial charge is 0.380 e. The van der Waals surface area contributed by atoms with Gasteiger partial charge in [0.2, 0.25) is 0 Å². The first-order chi connectivity index (χ1) is 7.82. The number of hydrogen-bond acceptors (Lipinski definition) is 3. The molecule has 17 heavy (non-hydrogen) atoms. The van der Waals surface area contributed by atoms with Crippen LogP contribution in [0, 0.1) is 0 Å². The lowest BCUT2D eigenvalue weighted by Gasteiger charge is -2.25. The van der Waals surface area contributed by atoms with Crippen molar-refractivity contribution >= 4 is 0 Å². The molecule has 100 valence electrons. The molecule has 0 bridgehead atoms. The molecule has 1 rings (SSSR count). The van der Waals surface area contributed by atoms with Gasteiger partial charge in [-0.15, -0.1) is 0 Å². The monoisotopic (exact) mass is 241 g/mol. The van der Waals surface area contributed by atoms with Crippen LogP contribution in [0.2, 0.25) is 0 Å². The van der Waals surface area contributed by atoms with Crippen LogP contribution in [0.3, 0.4) is 0 Å². The molecule has 1 aliphatic heterocycles. The Balaban J connectivity index is 2.96. The molecule has 0 atom stereocenters. The van der Waals surface area contributed by atoms with Crippen molar-refractivity contribution in [3.05, 3.63) is 11.1 Å². The molecule has 0 aliphatic carbocycles. The summed E-state index contributed by atoms with van der Waals surface area (Å²) in [5.41, 5.74) is 8.12. The van der Waals surface area contributed by atoms with E-state index in [1.54, 1.807) is 7.11 Å². The van der Waals surface area contributed by atoms with Gasteiger partial charge in [-0.25, -0.2) is 0 Å². The fourth-order valence-corrected chi connectivity index (χ4v) is 2.78. The van der Waals surface area contributed by atoms with E-state index in [1.807, 2.05) is 0 Å². The lowest BCUT2D eigenvalue weighted by Crippen LogP contribution is -2.27. The zero-order chi connectivity index (χ0) is 13.1. The normalized spacial score (nSPS) is 25.1. The minimum atomic E-state index is -0.175. The molecule has 0 saturated carbocycles. The predicted octanol–water partition coefficient (Wildman–Crippen LogP) is 2.65. The van der Waals surface area contributed by atoms with Crippen LogP contribution in [0.4, 0.5) is 0 Å². The average Bonchev–Trinajstić information content (AvgIpc) is 2.41. The second-order valence-electron chi connectivity index (χ2n) is 5.96. The summed E-state index contributed by atoms with van der Waals surface area (Å²) in [4.78, 5) is 0. The summed E-state index contributed by atoms with van der Waals surface area (Å²) in [5, 5.41) is 0. The van der Waals surface area contributed by atoms with Gasteiger partial charge in [0.25, 0.3) is 0 Å². The third kappa shape index (κ3) is 3.80. The van der Waals surface area contributed by atoms with E-state index in [4.69, 9.17) is 15.2 Å². The lowest BCUT2D eigenvalue weighted by molar-refractivity contribution is -0.0570. The first-order valence-electron chi connectivity index (χ1n) is 6.43. The molecular formula is C14H27NO2. The van der Waals surface area contributed by atoms with Gasteiger partial charge in [0.05, 0.1) is 17.8 Å². The van der Waals surface area contributed by atoms with E-state index in [0.717, 1.165) is 25.8 Å². The highest BCUT2D eigenvalue weighted by molar-refractivity contribution is 5.29. The fourth-order valence-electron chi connectivity index (χ4n) is 2.78. The van der Waals surface area contributed by atoms with E-state index in [-0.39, 0.29) is 11.2 Å². The van der Waals surface area contributed by atoms with Gasteiger partial charge in [0.1, 0.15) is 0 Å². The summed E-state index contributed by atoms with van der Waals surface area (Å²) in [5.74, 6) is 0. The summed E-state index contributed by atoms with van der Waals surface area (Å²) < 4.78 is 11.4. The second kappa shape index (κ2) is 5.51. The Bertz CT molecular complexity index is 293. The van der Waals surface area contributed by atoms with E-state index in [9.17, 15) is 0 Å². The van der Waals surface area contributed by atoms with Crippen molar-refractivity contribution in [2.75, 3.05) is 20.3 Å². The summed E-state index contributed by atoms with van der Waals surface area (Å²) in [6.45, 7) is 10.0. The Labute approximate surface area is 105 Å². The maximum Gasteiger partial charge on any atom is 0.0847 e. The van der Waals surface area contributed by atoms with Gasteiger partial charge in [-0.05, 0) is 64.6 Å². The smallest absolute Gasteiger partial charge is 0.0847 e. The van der Waals surface area contributed by atoms with Gasteiger partial charge in [-0.3, -0.25) is 0 Å². The highest BCUT2D eigenvalue weighted by Crippen LogP contribution is 2.43. The molecule has 0 aromatic carbocycles. The van der Waals surface area contributed by atoms with Crippen LogP contribution in [0.15, 0.2) is 11.1 Å². The Morgan fingerprint density at radius 2 is 2.00 bits per heavy atom. The van der Waals surface area contributed by atoms with Crippen molar-refractivity contribution in [1.29, 1.82) is 0 Å². The minimum absolute atomic E-state index is 0.0689. The van der Waals surface area contributed by atoms with E-state index >= 15 is 0 Å². The van der Waals surface area contributed by atoms with E-state index in [0.29, 0.717) is 6.61 Å². The molecule has 0 aromatic heterocycles. The Kier molecular flexibility index (Phi) is 4.76. The van der Waals surface area contributed by atoms with Gasteiger partial charge in [-0.1, -0.05) is 0 Å². The van der Waals surface area contributed by atoms with E-state index in [2.05, 4.69) is 27.7 Å². The zero-order valence-corrected chi connectivity index (χ0v) is 11.9. The molecule has 3 nitrogen and oxygen atoms in total. The summed E-state index contributed by atoms with van der Waals surface area (Å²) in [7, 11) is 1.75. The van der Waals surface area contributed by atoms with Crippen LogP contribution in [-0.4, -0.2) is 31.5 Å². The summed E-state index contributed by atoms with van der Waals surface area (Å²) in [6, 6.07) is 0. The Morgan fingerprint density at radius 3 is 2.41 bits per heavy atom. The van der Waals surface area contributed by atoms with Gasteiger partial charge < -0.3 is 15.2 Å². The van der Waals surface area contributed by atoms with E-state index in [1.165, 1.54) is 11.1 Å². The molecule has 0 radical (unpaired) electrons. The first kappa shape index (κ1) is 14.7. The lowest BCUT2D eigenvalue weighted by atomic mass is 9.88. The third-order valence-corrected chi connectivity index (χ3v) is 3.29. The van der Waals surface area contributed by atoms with Gasteiger partial charge in [0, 0.05) is 7.11 Å². The van der Waals surface area contributed by atoms with Crippen LogP contribution >= 0.6 is 0 Å². The average molecular weight is 241 g/mol. The van der Waals surface area contributed by atoms with Gasteiger partial charge in [0.15, 0.2) is 0 Å². The number of nitrogens with two attached hydrogens (primary N) is 1. The highest BCUT2D eigenvalue weighted by Gasteiger charge is 2.42. The Morgan fingerprint density at radius 1 is 1.35 bits per heavy atom. The standard InChI is InChI=1S/C14H27NO2/c1-13(2)9-12(14(3,4)17-13)11(10-16-5)7-6-8-15/h6-10,15H2,1-5H3. The van der Waals surface area contributed by atoms with Crippen molar-refractivity contribution in [2.45, 2.75) is 58.2 Å². The maximum absolute atomic E-state index is 6.11. The van der Waals surface area contributed by atoms with Crippen LogP contribution in [0.25, 0.3) is 0 Å². The number of hydrogen-bond donors (Lipinski definition) is 1. The topological polar surface area (TPSA) is 44.5 Å². The summed E-state index contributed by atoms with van der Waals surface area (Å²) >= 11 is 0. The molecule has 0 spiro atoms. The van der Waals surface area contributed by atoms with Gasteiger partial charge in [-0.2, -0.15) is 0 Å². The molecule has 0 unspecified atom stereocenters. The van der Waals surface area contributed by atoms with Crippen molar-refractivity contribution < 1.29 is 9.47 Å². The summed E-state index contributed by atoms with van der Waals surface area (Å²) in [6.07, 6.45) is 3.02. The fraction of sp³-hybridized carbons (Fsp3) is 0.857. The molecule has 1 heterocycles. The minimum Gasteiger partial charge on any atom is -0.380 e. The van der Waals surface area contributed by atoms with Crippen molar-refractivity contribution in [3.63, 3.8) is 0 Å². The highest BCUT2D eigenvalue weighted by atomic mass is 16.5. The van der Waals surface area contributed by atoms with Crippen LogP contribution in [0.5, 0.6) is 0 Å². The molecule has 0 aromatic rings. The number of methoxy groups -OCH3 is 1. The molecular weight excluding hydrogens is 214 g/mol. The predicted molar refractivity (Wildman–Crippen MR) is 71.1 cm³/mol. The molecule has 2 N–H and O–H groups in total. The molecule has 1 saturated heterocycles. The molecule has 0 amide bonds. The third-order valence-electron chi connectivity index (χ3n) is 3.29. The van der Waals surface area contributed by atoms with Crippen molar-refractivity contribution in [3.8, 4) is 0 Å². The second-order valence-corrected chi connectivity index (χ2v) is 5.96. The number of rotatable bonds is 5. The number of ether oxygens (including phenoxy) is 2. The van der Waals surface area contributed by atoms with Crippen molar-refractivity contribution in [1.82, 2.24) is 0 Å².